The van der Waals surface area contributed by atoms with E-state index in [1.165, 1.54) is 0 Å². The van der Waals surface area contributed by atoms with Gasteiger partial charge in [-0.3, -0.25) is 9.59 Å². The number of aliphatic carboxylic acids is 1. The molecule has 20 heavy (non-hydrogen) atoms. The number of carbonyl (C=O) groups excluding carboxylic acids is 1. The van der Waals surface area contributed by atoms with Gasteiger partial charge in [0.25, 0.3) is 0 Å². The first-order valence-corrected chi connectivity index (χ1v) is 7.79. The molecular formula is C15H23NO4. The van der Waals surface area contributed by atoms with Crippen molar-refractivity contribution < 1.29 is 19.4 Å². The largest absolute Gasteiger partial charge is 0.481 e. The molecule has 2 N–H and O–H groups in total. The summed E-state index contributed by atoms with van der Waals surface area (Å²) in [6, 6.07) is -0.150. The Morgan fingerprint density at radius 2 is 2.00 bits per heavy atom. The van der Waals surface area contributed by atoms with Crippen LogP contribution in [0.25, 0.3) is 0 Å². The summed E-state index contributed by atoms with van der Waals surface area (Å²) in [5.74, 6) is -0.500. The van der Waals surface area contributed by atoms with Gasteiger partial charge in [0, 0.05) is 19.1 Å². The molecule has 0 spiro atoms. The Labute approximate surface area is 119 Å². The highest BCUT2D eigenvalue weighted by molar-refractivity contribution is 5.78. The maximum absolute atomic E-state index is 12.0. The highest BCUT2D eigenvalue weighted by atomic mass is 16.5. The third kappa shape index (κ3) is 2.68. The molecule has 5 atom stereocenters. The van der Waals surface area contributed by atoms with Gasteiger partial charge in [-0.2, -0.15) is 0 Å². The number of nitrogens with one attached hydrogen (secondary N) is 1. The fourth-order valence-corrected chi connectivity index (χ4v) is 4.28. The van der Waals surface area contributed by atoms with Crippen LogP contribution < -0.4 is 5.32 Å². The highest BCUT2D eigenvalue weighted by Crippen LogP contribution is 2.48. The number of carboxylic acid groups (broad SMARTS) is 1. The van der Waals surface area contributed by atoms with Crippen molar-refractivity contribution in [3.8, 4) is 0 Å². The third-order valence-electron chi connectivity index (χ3n) is 5.25. The van der Waals surface area contributed by atoms with Crippen LogP contribution in [0.15, 0.2) is 0 Å². The Balaban J connectivity index is 1.51. The van der Waals surface area contributed by atoms with E-state index in [0.717, 1.165) is 45.1 Å². The van der Waals surface area contributed by atoms with Crippen molar-refractivity contribution in [1.82, 2.24) is 5.32 Å². The molecule has 2 aliphatic carbocycles. The number of amides is 1. The maximum Gasteiger partial charge on any atom is 0.308 e. The summed E-state index contributed by atoms with van der Waals surface area (Å²) in [7, 11) is 0. The molecule has 1 heterocycles. The molecule has 3 aliphatic rings. The molecule has 5 heteroatoms. The van der Waals surface area contributed by atoms with Gasteiger partial charge in [-0.05, 0) is 50.4 Å². The monoisotopic (exact) mass is 281 g/mol. The lowest BCUT2D eigenvalue weighted by Crippen LogP contribution is -2.46. The summed E-state index contributed by atoms with van der Waals surface area (Å²) in [5, 5.41) is 12.3. The number of fused-ring (bicyclic) bond motifs is 2. The minimum atomic E-state index is -0.748. The summed E-state index contributed by atoms with van der Waals surface area (Å²) in [4.78, 5) is 23.4. The zero-order chi connectivity index (χ0) is 14.1. The van der Waals surface area contributed by atoms with E-state index in [0.29, 0.717) is 12.3 Å². The molecule has 1 aliphatic heterocycles. The average Bonchev–Trinajstić information content (AvgIpc) is 3.12. The fraction of sp³-hybridized carbons (Fsp3) is 0.867. The van der Waals surface area contributed by atoms with Gasteiger partial charge in [0.05, 0.1) is 12.0 Å². The summed E-state index contributed by atoms with van der Waals surface area (Å²) in [6.45, 7) is 0.805. The van der Waals surface area contributed by atoms with Crippen LogP contribution in [0.5, 0.6) is 0 Å². The van der Waals surface area contributed by atoms with Gasteiger partial charge < -0.3 is 15.2 Å². The molecule has 0 aromatic heterocycles. The second-order valence-electron chi connectivity index (χ2n) is 6.46. The van der Waals surface area contributed by atoms with Crippen molar-refractivity contribution >= 4 is 11.9 Å². The summed E-state index contributed by atoms with van der Waals surface area (Å²) >= 11 is 0. The molecule has 5 nitrogen and oxygen atoms in total. The number of ether oxygens (including phenoxy) is 1. The number of hydrogen-bond acceptors (Lipinski definition) is 3. The first kappa shape index (κ1) is 13.9. The Kier molecular flexibility index (Phi) is 3.96. The van der Waals surface area contributed by atoms with Crippen LogP contribution in [0.2, 0.25) is 0 Å². The van der Waals surface area contributed by atoms with Gasteiger partial charge in [0.1, 0.15) is 0 Å². The topological polar surface area (TPSA) is 75.6 Å². The smallest absolute Gasteiger partial charge is 0.308 e. The van der Waals surface area contributed by atoms with Crippen LogP contribution in [0.4, 0.5) is 0 Å². The van der Waals surface area contributed by atoms with E-state index in [-0.39, 0.29) is 29.9 Å². The molecule has 1 amide bonds. The SMILES string of the molecule is O=C(CCC1CCCO1)NC1C2CCC(C2)C1C(=O)O. The first-order valence-electron chi connectivity index (χ1n) is 7.79. The highest BCUT2D eigenvalue weighted by Gasteiger charge is 2.51. The third-order valence-corrected chi connectivity index (χ3v) is 5.25. The molecule has 0 aromatic rings. The predicted octanol–water partition coefficient (Wildman–Crippen LogP) is 1.56. The maximum atomic E-state index is 12.0. The lowest BCUT2D eigenvalue weighted by atomic mass is 9.84. The molecule has 2 saturated carbocycles. The van der Waals surface area contributed by atoms with Crippen LogP contribution >= 0.6 is 0 Å². The quantitative estimate of drug-likeness (QED) is 0.802. The van der Waals surface area contributed by atoms with Gasteiger partial charge in [-0.1, -0.05) is 0 Å². The predicted molar refractivity (Wildman–Crippen MR) is 72.1 cm³/mol. The molecule has 112 valence electrons. The minimum Gasteiger partial charge on any atom is -0.481 e. The van der Waals surface area contributed by atoms with E-state index in [4.69, 9.17) is 4.74 Å². The number of carbonyl (C=O) groups is 2. The molecule has 0 aromatic carbocycles. The van der Waals surface area contributed by atoms with E-state index in [2.05, 4.69) is 5.32 Å². The number of carboxylic acids is 1. The van der Waals surface area contributed by atoms with Crippen molar-refractivity contribution in [1.29, 1.82) is 0 Å². The second-order valence-corrected chi connectivity index (χ2v) is 6.46. The second kappa shape index (κ2) is 5.72. The van der Waals surface area contributed by atoms with E-state index >= 15 is 0 Å². The van der Waals surface area contributed by atoms with E-state index < -0.39 is 5.97 Å². The summed E-state index contributed by atoms with van der Waals surface area (Å²) in [6.07, 6.45) is 6.58. The van der Waals surface area contributed by atoms with Crippen LogP contribution in [0.3, 0.4) is 0 Å². The molecule has 0 radical (unpaired) electrons. The Hall–Kier alpha value is -1.10. The van der Waals surface area contributed by atoms with Crippen LogP contribution in [-0.4, -0.2) is 35.7 Å². The molecule has 3 fully saturated rings. The van der Waals surface area contributed by atoms with E-state index in [9.17, 15) is 14.7 Å². The standard InChI is InChI=1S/C15H23NO4/c17-12(6-5-11-2-1-7-20-11)16-14-10-4-3-9(8-10)13(14)15(18)19/h9-11,13-14H,1-8H2,(H,16,17)(H,18,19). The fourth-order valence-electron chi connectivity index (χ4n) is 4.28. The molecular weight excluding hydrogens is 258 g/mol. The van der Waals surface area contributed by atoms with Gasteiger partial charge in [-0.15, -0.1) is 0 Å². The van der Waals surface area contributed by atoms with Gasteiger partial charge >= 0.3 is 5.97 Å². The van der Waals surface area contributed by atoms with Crippen molar-refractivity contribution in [3.05, 3.63) is 0 Å². The normalized spacial score (nSPS) is 39.1. The number of hydrogen-bond donors (Lipinski definition) is 2. The van der Waals surface area contributed by atoms with Crippen LogP contribution in [-0.2, 0) is 14.3 Å². The zero-order valence-electron chi connectivity index (χ0n) is 11.7. The van der Waals surface area contributed by atoms with Crippen molar-refractivity contribution in [2.75, 3.05) is 6.61 Å². The molecule has 5 unspecified atom stereocenters. The van der Waals surface area contributed by atoms with E-state index in [1.807, 2.05) is 0 Å². The van der Waals surface area contributed by atoms with Crippen LogP contribution in [0.1, 0.15) is 44.9 Å². The lowest BCUT2D eigenvalue weighted by molar-refractivity contribution is -0.144. The average molecular weight is 281 g/mol. The molecule has 3 rings (SSSR count). The Morgan fingerprint density at radius 1 is 1.20 bits per heavy atom. The first-order chi connectivity index (χ1) is 9.65. The minimum absolute atomic E-state index is 0.00991. The lowest BCUT2D eigenvalue weighted by Gasteiger charge is -2.29. The van der Waals surface area contributed by atoms with E-state index in [1.54, 1.807) is 0 Å². The number of rotatable bonds is 5. The van der Waals surface area contributed by atoms with Gasteiger partial charge in [0.2, 0.25) is 5.91 Å². The van der Waals surface area contributed by atoms with Crippen molar-refractivity contribution in [2.45, 2.75) is 57.1 Å². The van der Waals surface area contributed by atoms with Gasteiger partial charge in [-0.25, -0.2) is 0 Å². The van der Waals surface area contributed by atoms with Crippen molar-refractivity contribution in [2.24, 2.45) is 17.8 Å². The van der Waals surface area contributed by atoms with Crippen molar-refractivity contribution in [3.63, 3.8) is 0 Å². The van der Waals surface area contributed by atoms with Gasteiger partial charge in [0.15, 0.2) is 0 Å². The molecule has 1 saturated heterocycles. The van der Waals surface area contributed by atoms with Crippen LogP contribution in [0, 0.1) is 17.8 Å². The summed E-state index contributed by atoms with van der Waals surface area (Å²) in [5.41, 5.74) is 0. The Bertz CT molecular complexity index is 391. The summed E-state index contributed by atoms with van der Waals surface area (Å²) < 4.78 is 5.51. The Morgan fingerprint density at radius 3 is 2.70 bits per heavy atom. The molecule has 2 bridgehead atoms. The zero-order valence-corrected chi connectivity index (χ0v) is 11.7.